The van der Waals surface area contributed by atoms with Gasteiger partial charge in [-0.25, -0.2) is 4.98 Å². The van der Waals surface area contributed by atoms with Gasteiger partial charge >= 0.3 is 0 Å². The molecule has 102 valence electrons. The number of likely N-dealkylation sites (tertiary alicyclic amines) is 1. The van der Waals surface area contributed by atoms with Crippen LogP contribution in [0.3, 0.4) is 0 Å². The SMILES string of the molecule is O=C1CC2(CCCCCC2)C(=O)N1Cc1ncc[nH]1. The lowest BCUT2D eigenvalue weighted by atomic mass is 9.79. The molecule has 3 rings (SSSR count). The van der Waals surface area contributed by atoms with Crippen LogP contribution in [0.25, 0.3) is 0 Å². The predicted octanol–water partition coefficient (Wildman–Crippen LogP) is 2.01. The van der Waals surface area contributed by atoms with Gasteiger partial charge in [0.25, 0.3) is 0 Å². The van der Waals surface area contributed by atoms with Crippen LogP contribution in [0.5, 0.6) is 0 Å². The molecular weight excluding hydrogens is 242 g/mol. The van der Waals surface area contributed by atoms with Gasteiger partial charge in [-0.2, -0.15) is 0 Å². The number of hydrogen-bond donors (Lipinski definition) is 1. The van der Waals surface area contributed by atoms with Gasteiger partial charge in [0.05, 0.1) is 12.0 Å². The smallest absolute Gasteiger partial charge is 0.236 e. The monoisotopic (exact) mass is 261 g/mol. The Kier molecular flexibility index (Phi) is 3.12. The Balaban J connectivity index is 1.80. The Hall–Kier alpha value is -1.65. The fraction of sp³-hybridized carbons (Fsp3) is 0.643. The van der Waals surface area contributed by atoms with Gasteiger partial charge in [-0.3, -0.25) is 14.5 Å². The van der Waals surface area contributed by atoms with E-state index in [1.807, 2.05) is 0 Å². The van der Waals surface area contributed by atoms with Crippen LogP contribution in [0.15, 0.2) is 12.4 Å². The van der Waals surface area contributed by atoms with Crippen molar-refractivity contribution in [1.82, 2.24) is 14.9 Å². The number of aromatic nitrogens is 2. The second-order valence-corrected chi connectivity index (χ2v) is 5.69. The number of imide groups is 1. The van der Waals surface area contributed by atoms with Crippen molar-refractivity contribution in [2.24, 2.45) is 5.41 Å². The summed E-state index contributed by atoms with van der Waals surface area (Å²) in [5, 5.41) is 0. The Morgan fingerprint density at radius 1 is 1.21 bits per heavy atom. The van der Waals surface area contributed by atoms with E-state index in [2.05, 4.69) is 9.97 Å². The molecule has 2 aliphatic rings. The molecule has 5 nitrogen and oxygen atoms in total. The molecule has 0 unspecified atom stereocenters. The van der Waals surface area contributed by atoms with Crippen molar-refractivity contribution >= 4 is 11.8 Å². The molecule has 2 amide bonds. The van der Waals surface area contributed by atoms with E-state index in [4.69, 9.17) is 0 Å². The van der Waals surface area contributed by atoms with Crippen molar-refractivity contribution < 1.29 is 9.59 Å². The number of carbonyl (C=O) groups excluding carboxylic acids is 2. The third-order valence-corrected chi connectivity index (χ3v) is 4.41. The summed E-state index contributed by atoms with van der Waals surface area (Å²) in [6.45, 7) is 0.284. The fourth-order valence-electron chi connectivity index (χ4n) is 3.35. The molecule has 1 saturated carbocycles. The molecule has 1 aromatic heterocycles. The van der Waals surface area contributed by atoms with Crippen LogP contribution < -0.4 is 0 Å². The highest BCUT2D eigenvalue weighted by molar-refractivity contribution is 6.05. The minimum atomic E-state index is -0.403. The molecular formula is C14H19N3O2. The van der Waals surface area contributed by atoms with E-state index in [-0.39, 0.29) is 18.4 Å². The van der Waals surface area contributed by atoms with Crippen LogP contribution in [0.4, 0.5) is 0 Å². The van der Waals surface area contributed by atoms with Crippen molar-refractivity contribution in [2.45, 2.75) is 51.5 Å². The Morgan fingerprint density at radius 2 is 1.95 bits per heavy atom. The predicted molar refractivity (Wildman–Crippen MR) is 68.9 cm³/mol. The van der Waals surface area contributed by atoms with E-state index in [0.29, 0.717) is 12.2 Å². The van der Waals surface area contributed by atoms with E-state index < -0.39 is 5.41 Å². The van der Waals surface area contributed by atoms with Crippen molar-refractivity contribution in [3.8, 4) is 0 Å². The highest BCUT2D eigenvalue weighted by Gasteiger charge is 2.50. The highest BCUT2D eigenvalue weighted by Crippen LogP contribution is 2.44. The molecule has 2 fully saturated rings. The molecule has 5 heteroatoms. The summed E-state index contributed by atoms with van der Waals surface area (Å²) in [5.74, 6) is 0.659. The lowest BCUT2D eigenvalue weighted by Gasteiger charge is -2.24. The lowest BCUT2D eigenvalue weighted by Crippen LogP contribution is -2.35. The summed E-state index contributed by atoms with van der Waals surface area (Å²) in [6.07, 6.45) is 9.97. The minimum Gasteiger partial charge on any atom is -0.347 e. The molecule has 1 spiro atoms. The maximum atomic E-state index is 12.6. The summed E-state index contributed by atoms with van der Waals surface area (Å²) in [5.41, 5.74) is -0.403. The van der Waals surface area contributed by atoms with Crippen molar-refractivity contribution in [3.63, 3.8) is 0 Å². The quantitative estimate of drug-likeness (QED) is 0.828. The van der Waals surface area contributed by atoms with Crippen LogP contribution in [0.2, 0.25) is 0 Å². The van der Waals surface area contributed by atoms with Gasteiger partial charge in [0.15, 0.2) is 0 Å². The molecule has 1 aliphatic heterocycles. The van der Waals surface area contributed by atoms with Gasteiger partial charge in [0.2, 0.25) is 11.8 Å². The molecule has 1 saturated heterocycles. The van der Waals surface area contributed by atoms with Gasteiger partial charge < -0.3 is 4.98 Å². The van der Waals surface area contributed by atoms with E-state index in [1.165, 1.54) is 17.7 Å². The number of aromatic amines is 1. The molecule has 0 atom stereocenters. The first kappa shape index (κ1) is 12.4. The Morgan fingerprint density at radius 3 is 2.58 bits per heavy atom. The first-order valence-corrected chi connectivity index (χ1v) is 7.04. The molecule has 0 aromatic carbocycles. The molecule has 19 heavy (non-hydrogen) atoms. The summed E-state index contributed by atoms with van der Waals surface area (Å²) < 4.78 is 0. The average molecular weight is 261 g/mol. The minimum absolute atomic E-state index is 0.0239. The number of nitrogens with one attached hydrogen (secondary N) is 1. The average Bonchev–Trinajstić information content (AvgIpc) is 2.89. The van der Waals surface area contributed by atoms with E-state index in [1.54, 1.807) is 12.4 Å². The summed E-state index contributed by atoms with van der Waals surface area (Å²) in [6, 6.07) is 0. The van der Waals surface area contributed by atoms with Gasteiger partial charge in [-0.1, -0.05) is 25.7 Å². The van der Waals surface area contributed by atoms with E-state index in [9.17, 15) is 9.59 Å². The second kappa shape index (κ2) is 4.79. The zero-order valence-electron chi connectivity index (χ0n) is 11.0. The molecule has 1 aromatic rings. The maximum absolute atomic E-state index is 12.6. The van der Waals surface area contributed by atoms with Crippen LogP contribution in [0.1, 0.15) is 50.8 Å². The summed E-state index contributed by atoms with van der Waals surface area (Å²) in [7, 11) is 0. The van der Waals surface area contributed by atoms with E-state index in [0.717, 1.165) is 25.7 Å². The van der Waals surface area contributed by atoms with Gasteiger partial charge in [0.1, 0.15) is 5.82 Å². The van der Waals surface area contributed by atoms with E-state index >= 15 is 0 Å². The summed E-state index contributed by atoms with van der Waals surface area (Å²) >= 11 is 0. The van der Waals surface area contributed by atoms with Crippen molar-refractivity contribution in [2.75, 3.05) is 0 Å². The first-order chi connectivity index (χ1) is 9.21. The van der Waals surface area contributed by atoms with Gasteiger partial charge in [0, 0.05) is 18.8 Å². The summed E-state index contributed by atoms with van der Waals surface area (Å²) in [4.78, 5) is 33.2. The largest absolute Gasteiger partial charge is 0.347 e. The van der Waals surface area contributed by atoms with Gasteiger partial charge in [-0.05, 0) is 12.8 Å². The van der Waals surface area contributed by atoms with Gasteiger partial charge in [-0.15, -0.1) is 0 Å². The van der Waals surface area contributed by atoms with Crippen LogP contribution in [0, 0.1) is 5.41 Å². The Bertz CT molecular complexity index is 473. The lowest BCUT2D eigenvalue weighted by molar-refractivity contribution is -0.142. The van der Waals surface area contributed by atoms with Crippen LogP contribution >= 0.6 is 0 Å². The molecule has 0 radical (unpaired) electrons. The third kappa shape index (κ3) is 2.17. The number of rotatable bonds is 2. The number of carbonyl (C=O) groups is 2. The van der Waals surface area contributed by atoms with Crippen LogP contribution in [-0.4, -0.2) is 26.7 Å². The first-order valence-electron chi connectivity index (χ1n) is 7.04. The molecule has 1 aliphatic carbocycles. The number of amides is 2. The topological polar surface area (TPSA) is 66.1 Å². The highest BCUT2D eigenvalue weighted by atomic mass is 16.2. The number of nitrogens with zero attached hydrogens (tertiary/aromatic N) is 2. The maximum Gasteiger partial charge on any atom is 0.236 e. The zero-order chi connectivity index (χ0) is 13.3. The number of H-pyrrole nitrogens is 1. The Labute approximate surface area is 112 Å². The number of hydrogen-bond acceptors (Lipinski definition) is 3. The number of imidazole rings is 1. The second-order valence-electron chi connectivity index (χ2n) is 5.69. The molecule has 2 heterocycles. The molecule has 0 bridgehead atoms. The third-order valence-electron chi connectivity index (χ3n) is 4.41. The zero-order valence-corrected chi connectivity index (χ0v) is 11.0. The van der Waals surface area contributed by atoms with Crippen molar-refractivity contribution in [3.05, 3.63) is 18.2 Å². The van der Waals surface area contributed by atoms with Crippen LogP contribution in [-0.2, 0) is 16.1 Å². The van der Waals surface area contributed by atoms with Crippen molar-refractivity contribution in [1.29, 1.82) is 0 Å². The molecule has 1 N–H and O–H groups in total. The normalized spacial score (nSPS) is 23.1. The standard InChI is InChI=1S/C14H19N3O2/c18-12-9-14(5-3-1-2-4-6-14)13(19)17(12)10-11-15-7-8-16-11/h7-8H,1-6,9-10H2,(H,15,16). The fourth-order valence-corrected chi connectivity index (χ4v) is 3.35.